The second-order valence-corrected chi connectivity index (χ2v) is 7.06. The topological polar surface area (TPSA) is 18.5 Å². The lowest BCUT2D eigenvalue weighted by atomic mass is 9.69. The van der Waals surface area contributed by atoms with Gasteiger partial charge in [-0.15, -0.1) is 0 Å². The van der Waals surface area contributed by atoms with E-state index in [9.17, 15) is 0 Å². The standard InChI is InChI=1S/C22H18O2/c1-22(2)16-11-14-7-3-5-9-18(14)23-20(16)13-21-17(22)12-15-8-4-6-10-19(15)24-21/h3-11,13H,12H2,1-2H3. The largest absolute Gasteiger partial charge is 0.457 e. The van der Waals surface area contributed by atoms with Crippen LogP contribution in [0.15, 0.2) is 77.3 Å². The summed E-state index contributed by atoms with van der Waals surface area (Å²) in [6, 6.07) is 16.4. The Balaban J connectivity index is 1.67. The number of hydrogen-bond donors (Lipinski definition) is 0. The fourth-order valence-corrected chi connectivity index (χ4v) is 3.82. The van der Waals surface area contributed by atoms with Gasteiger partial charge in [-0.1, -0.05) is 50.2 Å². The first-order chi connectivity index (χ1) is 11.6. The van der Waals surface area contributed by atoms with Gasteiger partial charge in [-0.3, -0.25) is 0 Å². The SMILES string of the molecule is CC1(C)C2=Cc3ccccc3OC2=CC2=C1Cc1ccccc1O2. The molecule has 2 heterocycles. The van der Waals surface area contributed by atoms with Crippen molar-refractivity contribution in [3.63, 3.8) is 0 Å². The maximum absolute atomic E-state index is 6.20. The molecule has 0 atom stereocenters. The number of rotatable bonds is 0. The van der Waals surface area contributed by atoms with Gasteiger partial charge in [-0.25, -0.2) is 0 Å². The average molecular weight is 314 g/mol. The summed E-state index contributed by atoms with van der Waals surface area (Å²) in [6.07, 6.45) is 5.23. The van der Waals surface area contributed by atoms with Crippen LogP contribution >= 0.6 is 0 Å². The molecule has 2 aromatic rings. The Morgan fingerprint density at radius 2 is 1.58 bits per heavy atom. The molecular formula is C22H18O2. The molecule has 2 nitrogen and oxygen atoms in total. The summed E-state index contributed by atoms with van der Waals surface area (Å²) in [5.41, 5.74) is 4.81. The van der Waals surface area contributed by atoms with Crippen LogP contribution in [0.4, 0.5) is 0 Å². The average Bonchev–Trinajstić information content (AvgIpc) is 2.59. The van der Waals surface area contributed by atoms with Gasteiger partial charge in [-0.05, 0) is 29.3 Å². The minimum atomic E-state index is -0.125. The molecule has 0 saturated heterocycles. The fourth-order valence-electron chi connectivity index (χ4n) is 3.82. The highest BCUT2D eigenvalue weighted by Crippen LogP contribution is 2.51. The van der Waals surface area contributed by atoms with Crippen LogP contribution in [0, 0.1) is 5.41 Å². The zero-order valence-corrected chi connectivity index (χ0v) is 13.8. The molecule has 24 heavy (non-hydrogen) atoms. The summed E-state index contributed by atoms with van der Waals surface area (Å²) in [5, 5.41) is 0. The number of benzene rings is 2. The highest BCUT2D eigenvalue weighted by atomic mass is 16.5. The molecule has 0 spiro atoms. The van der Waals surface area contributed by atoms with Gasteiger partial charge in [0.2, 0.25) is 0 Å². The third-order valence-electron chi connectivity index (χ3n) is 5.25. The van der Waals surface area contributed by atoms with Crippen molar-refractivity contribution in [3.05, 3.63) is 88.4 Å². The van der Waals surface area contributed by atoms with E-state index >= 15 is 0 Å². The van der Waals surface area contributed by atoms with Crippen LogP contribution in [0.5, 0.6) is 11.5 Å². The van der Waals surface area contributed by atoms with Crippen LogP contribution < -0.4 is 9.47 Å². The first-order valence-electron chi connectivity index (χ1n) is 8.33. The Morgan fingerprint density at radius 1 is 0.833 bits per heavy atom. The zero-order chi connectivity index (χ0) is 16.3. The van der Waals surface area contributed by atoms with Crippen molar-refractivity contribution in [1.82, 2.24) is 0 Å². The van der Waals surface area contributed by atoms with E-state index in [1.165, 1.54) is 16.7 Å². The number of ether oxygens (including phenoxy) is 2. The smallest absolute Gasteiger partial charge is 0.135 e. The summed E-state index contributed by atoms with van der Waals surface area (Å²) in [5.74, 6) is 3.69. The third kappa shape index (κ3) is 1.83. The van der Waals surface area contributed by atoms with E-state index in [-0.39, 0.29) is 5.41 Å². The van der Waals surface area contributed by atoms with E-state index in [1.54, 1.807) is 0 Å². The quantitative estimate of drug-likeness (QED) is 0.659. The van der Waals surface area contributed by atoms with Gasteiger partial charge in [0.25, 0.3) is 0 Å². The van der Waals surface area contributed by atoms with Gasteiger partial charge < -0.3 is 9.47 Å². The molecule has 2 heteroatoms. The van der Waals surface area contributed by atoms with Crippen LogP contribution in [0.25, 0.3) is 6.08 Å². The number of para-hydroxylation sites is 2. The van der Waals surface area contributed by atoms with Crippen molar-refractivity contribution < 1.29 is 9.47 Å². The van der Waals surface area contributed by atoms with Gasteiger partial charge in [0.1, 0.15) is 23.0 Å². The molecule has 0 bridgehead atoms. The second-order valence-electron chi connectivity index (χ2n) is 7.06. The molecule has 3 aliphatic rings. The third-order valence-corrected chi connectivity index (χ3v) is 5.25. The summed E-state index contributed by atoms with van der Waals surface area (Å²) in [6.45, 7) is 4.52. The van der Waals surface area contributed by atoms with Gasteiger partial charge in [-0.2, -0.15) is 0 Å². The summed E-state index contributed by atoms with van der Waals surface area (Å²) in [7, 11) is 0. The number of hydrogen-bond acceptors (Lipinski definition) is 2. The van der Waals surface area contributed by atoms with Crippen LogP contribution in [0.3, 0.4) is 0 Å². The van der Waals surface area contributed by atoms with E-state index in [2.05, 4.69) is 50.3 Å². The highest BCUT2D eigenvalue weighted by Gasteiger charge is 2.41. The minimum absolute atomic E-state index is 0.125. The zero-order valence-electron chi connectivity index (χ0n) is 13.8. The van der Waals surface area contributed by atoms with Gasteiger partial charge in [0.15, 0.2) is 0 Å². The molecule has 0 N–H and O–H groups in total. The van der Waals surface area contributed by atoms with Gasteiger partial charge in [0.05, 0.1) is 0 Å². The Labute approximate surface area is 141 Å². The fraction of sp³-hybridized carbons (Fsp3) is 0.182. The van der Waals surface area contributed by atoms with E-state index in [0.717, 1.165) is 35.0 Å². The van der Waals surface area contributed by atoms with Crippen LogP contribution in [0.1, 0.15) is 25.0 Å². The lowest BCUT2D eigenvalue weighted by Gasteiger charge is -2.40. The molecule has 2 aliphatic heterocycles. The summed E-state index contributed by atoms with van der Waals surface area (Å²) < 4.78 is 12.4. The van der Waals surface area contributed by atoms with Crippen molar-refractivity contribution in [1.29, 1.82) is 0 Å². The monoisotopic (exact) mass is 314 g/mol. The Bertz CT molecular complexity index is 957. The first-order valence-corrected chi connectivity index (χ1v) is 8.33. The lowest BCUT2D eigenvalue weighted by Crippen LogP contribution is -2.31. The predicted molar refractivity (Wildman–Crippen MR) is 94.7 cm³/mol. The number of fused-ring (bicyclic) bond motifs is 3. The van der Waals surface area contributed by atoms with E-state index in [4.69, 9.17) is 9.47 Å². The van der Waals surface area contributed by atoms with Crippen molar-refractivity contribution in [2.45, 2.75) is 20.3 Å². The molecule has 1 aliphatic carbocycles. The van der Waals surface area contributed by atoms with E-state index in [0.29, 0.717) is 0 Å². The summed E-state index contributed by atoms with van der Waals surface area (Å²) in [4.78, 5) is 0. The molecule has 0 unspecified atom stereocenters. The molecule has 5 rings (SSSR count). The molecule has 0 radical (unpaired) electrons. The van der Waals surface area contributed by atoms with E-state index in [1.807, 2.05) is 24.3 Å². The Hall–Kier alpha value is -2.74. The van der Waals surface area contributed by atoms with Gasteiger partial charge in [0, 0.05) is 29.0 Å². The lowest BCUT2D eigenvalue weighted by molar-refractivity contribution is 0.339. The first kappa shape index (κ1) is 13.7. The van der Waals surface area contributed by atoms with Crippen LogP contribution in [0.2, 0.25) is 0 Å². The molecule has 0 aromatic heterocycles. The Morgan fingerprint density at radius 3 is 2.46 bits per heavy atom. The second kappa shape index (κ2) is 4.64. The van der Waals surface area contributed by atoms with Gasteiger partial charge >= 0.3 is 0 Å². The summed E-state index contributed by atoms with van der Waals surface area (Å²) >= 11 is 0. The molecular weight excluding hydrogens is 296 g/mol. The Kier molecular flexibility index (Phi) is 2.64. The maximum atomic E-state index is 6.20. The van der Waals surface area contributed by atoms with Crippen molar-refractivity contribution in [2.24, 2.45) is 5.41 Å². The van der Waals surface area contributed by atoms with Crippen molar-refractivity contribution >= 4 is 6.08 Å². The minimum Gasteiger partial charge on any atom is -0.457 e. The highest BCUT2D eigenvalue weighted by molar-refractivity contribution is 5.71. The van der Waals surface area contributed by atoms with Crippen LogP contribution in [-0.2, 0) is 6.42 Å². The molecule has 118 valence electrons. The molecule has 2 aromatic carbocycles. The molecule has 0 saturated carbocycles. The molecule has 0 fully saturated rings. The normalized spacial score (nSPS) is 19.6. The maximum Gasteiger partial charge on any atom is 0.135 e. The molecule has 0 amide bonds. The number of allylic oxidation sites excluding steroid dienone is 3. The van der Waals surface area contributed by atoms with Crippen molar-refractivity contribution in [3.8, 4) is 11.5 Å². The van der Waals surface area contributed by atoms with Crippen molar-refractivity contribution in [2.75, 3.05) is 0 Å². The predicted octanol–water partition coefficient (Wildman–Crippen LogP) is 5.28. The van der Waals surface area contributed by atoms with E-state index < -0.39 is 0 Å². The van der Waals surface area contributed by atoms with Crippen LogP contribution in [-0.4, -0.2) is 0 Å².